The molecule has 0 atom stereocenters. The highest BCUT2D eigenvalue weighted by molar-refractivity contribution is 6.99. The van der Waals surface area contributed by atoms with Gasteiger partial charge in [-0.1, -0.05) is 0 Å². The average molecular weight is 236 g/mol. The summed E-state index contributed by atoms with van der Waals surface area (Å²) in [6, 6.07) is 0. The molecule has 3 rings (SSSR count). The number of anilines is 1. The first kappa shape index (κ1) is 9.40. The molecule has 0 saturated heterocycles. The Kier molecular flexibility index (Phi) is 1.96. The van der Waals surface area contributed by atoms with E-state index in [2.05, 4.69) is 24.1 Å². The van der Waals surface area contributed by atoms with Crippen molar-refractivity contribution in [2.24, 2.45) is 0 Å². The molecule has 1 saturated carbocycles. The summed E-state index contributed by atoms with van der Waals surface area (Å²) in [4.78, 5) is 15.9. The van der Waals surface area contributed by atoms with Gasteiger partial charge < -0.3 is 5.32 Å². The van der Waals surface area contributed by atoms with Gasteiger partial charge in [-0.25, -0.2) is 9.67 Å². The molecular formula is C8H8N6OS. The van der Waals surface area contributed by atoms with Gasteiger partial charge in [0.1, 0.15) is 18.2 Å². The number of aromatic nitrogens is 5. The van der Waals surface area contributed by atoms with E-state index in [9.17, 15) is 4.79 Å². The predicted molar refractivity (Wildman–Crippen MR) is 55.8 cm³/mol. The van der Waals surface area contributed by atoms with Crippen molar-refractivity contribution < 1.29 is 4.79 Å². The lowest BCUT2D eigenvalue weighted by Gasteiger charge is -2.13. The Labute approximate surface area is 94.8 Å². The minimum absolute atomic E-state index is 0.106. The number of nitrogens with zero attached hydrogens (tertiary/aromatic N) is 5. The van der Waals surface area contributed by atoms with E-state index in [4.69, 9.17) is 0 Å². The molecule has 1 N–H and O–H groups in total. The highest BCUT2D eigenvalue weighted by atomic mass is 32.1. The summed E-state index contributed by atoms with van der Waals surface area (Å²) < 4.78 is 9.35. The van der Waals surface area contributed by atoms with Crippen molar-refractivity contribution in [1.29, 1.82) is 0 Å². The van der Waals surface area contributed by atoms with Crippen LogP contribution in [0.1, 0.15) is 12.8 Å². The van der Waals surface area contributed by atoms with Crippen molar-refractivity contribution in [2.75, 3.05) is 5.32 Å². The van der Waals surface area contributed by atoms with Crippen LogP contribution >= 0.6 is 11.7 Å². The molecule has 0 spiro atoms. The summed E-state index contributed by atoms with van der Waals surface area (Å²) in [7, 11) is 0. The van der Waals surface area contributed by atoms with Crippen LogP contribution in [-0.2, 0) is 10.3 Å². The summed E-state index contributed by atoms with van der Waals surface area (Å²) >= 11 is 1.06. The molecule has 0 radical (unpaired) electrons. The minimum atomic E-state index is -0.569. The number of hydrogen-bond donors (Lipinski definition) is 1. The monoisotopic (exact) mass is 236 g/mol. The summed E-state index contributed by atoms with van der Waals surface area (Å²) in [6.45, 7) is 0. The number of nitrogens with one attached hydrogen (secondary N) is 1. The normalized spacial score (nSPS) is 17.0. The summed E-state index contributed by atoms with van der Waals surface area (Å²) in [6.07, 6.45) is 6.07. The highest BCUT2D eigenvalue weighted by Gasteiger charge is 2.53. The Morgan fingerprint density at radius 1 is 1.56 bits per heavy atom. The molecule has 0 bridgehead atoms. The van der Waals surface area contributed by atoms with Crippen LogP contribution in [-0.4, -0.2) is 29.4 Å². The van der Waals surface area contributed by atoms with Crippen LogP contribution in [0.3, 0.4) is 0 Å². The Morgan fingerprint density at radius 3 is 3.00 bits per heavy atom. The van der Waals surface area contributed by atoms with Gasteiger partial charge in [0.2, 0.25) is 0 Å². The molecule has 7 nitrogen and oxygen atoms in total. The van der Waals surface area contributed by atoms with Crippen molar-refractivity contribution in [3.63, 3.8) is 0 Å². The lowest BCUT2D eigenvalue weighted by atomic mass is 10.2. The van der Waals surface area contributed by atoms with Crippen molar-refractivity contribution >= 4 is 23.5 Å². The third-order valence-electron chi connectivity index (χ3n) is 2.61. The molecule has 0 unspecified atom stereocenters. The second kappa shape index (κ2) is 3.34. The number of carbonyl (C=O) groups is 1. The fourth-order valence-electron chi connectivity index (χ4n) is 1.56. The van der Waals surface area contributed by atoms with Gasteiger partial charge in [0, 0.05) is 0 Å². The van der Waals surface area contributed by atoms with Gasteiger partial charge in [-0.2, -0.15) is 13.8 Å². The highest BCUT2D eigenvalue weighted by Crippen LogP contribution is 2.43. The third-order valence-corrected chi connectivity index (χ3v) is 3.08. The van der Waals surface area contributed by atoms with Gasteiger partial charge in [-0.3, -0.25) is 4.79 Å². The smallest absolute Gasteiger partial charge is 0.253 e. The van der Waals surface area contributed by atoms with Crippen LogP contribution < -0.4 is 5.32 Å². The molecule has 1 aliphatic rings. The first-order chi connectivity index (χ1) is 7.81. The van der Waals surface area contributed by atoms with E-state index in [1.807, 2.05) is 0 Å². The molecule has 2 aromatic rings. The van der Waals surface area contributed by atoms with Gasteiger partial charge >= 0.3 is 0 Å². The Bertz CT molecular complexity index is 489. The van der Waals surface area contributed by atoms with Crippen LogP contribution in [0.15, 0.2) is 18.9 Å². The van der Waals surface area contributed by atoms with Gasteiger partial charge in [-0.15, -0.1) is 0 Å². The SMILES string of the molecule is O=C(Nc1cnsn1)C1(n2cncn2)CC1. The topological polar surface area (TPSA) is 85.6 Å². The number of hydrogen-bond acceptors (Lipinski definition) is 6. The maximum absolute atomic E-state index is 12.0. The van der Waals surface area contributed by atoms with Crippen molar-refractivity contribution in [2.45, 2.75) is 18.4 Å². The van der Waals surface area contributed by atoms with Crippen LogP contribution in [0.5, 0.6) is 0 Å². The van der Waals surface area contributed by atoms with Gasteiger partial charge in [-0.05, 0) is 12.8 Å². The van der Waals surface area contributed by atoms with E-state index in [0.29, 0.717) is 5.82 Å². The molecule has 1 aliphatic carbocycles. The fourth-order valence-corrected chi connectivity index (χ4v) is 1.94. The van der Waals surface area contributed by atoms with E-state index in [1.54, 1.807) is 11.0 Å². The zero-order valence-electron chi connectivity index (χ0n) is 8.20. The van der Waals surface area contributed by atoms with E-state index in [0.717, 1.165) is 24.6 Å². The quantitative estimate of drug-likeness (QED) is 0.826. The molecule has 0 aliphatic heterocycles. The lowest BCUT2D eigenvalue weighted by Crippen LogP contribution is -2.33. The molecule has 2 heterocycles. The summed E-state index contributed by atoms with van der Waals surface area (Å²) in [5.74, 6) is 0.382. The summed E-state index contributed by atoms with van der Waals surface area (Å²) in [5.41, 5.74) is -0.569. The van der Waals surface area contributed by atoms with Crippen LogP contribution in [0.2, 0.25) is 0 Å². The van der Waals surface area contributed by atoms with Crippen molar-refractivity contribution in [1.82, 2.24) is 23.5 Å². The van der Waals surface area contributed by atoms with Crippen LogP contribution in [0.25, 0.3) is 0 Å². The average Bonchev–Trinajstić information content (AvgIpc) is 2.74. The van der Waals surface area contributed by atoms with E-state index < -0.39 is 5.54 Å². The Morgan fingerprint density at radius 2 is 2.44 bits per heavy atom. The molecular weight excluding hydrogens is 228 g/mol. The van der Waals surface area contributed by atoms with E-state index in [-0.39, 0.29) is 5.91 Å². The zero-order valence-corrected chi connectivity index (χ0v) is 9.02. The predicted octanol–water partition coefficient (Wildman–Crippen LogP) is 0.257. The van der Waals surface area contributed by atoms with Gasteiger partial charge in [0.25, 0.3) is 5.91 Å². The van der Waals surface area contributed by atoms with Crippen LogP contribution in [0.4, 0.5) is 5.82 Å². The number of rotatable bonds is 3. The Hall–Kier alpha value is -1.83. The van der Waals surface area contributed by atoms with E-state index in [1.165, 1.54) is 12.5 Å². The third kappa shape index (κ3) is 1.38. The molecule has 2 aromatic heterocycles. The Balaban J connectivity index is 1.81. The molecule has 82 valence electrons. The maximum atomic E-state index is 12.0. The largest absolute Gasteiger partial charge is 0.306 e. The van der Waals surface area contributed by atoms with Crippen LogP contribution in [0, 0.1) is 0 Å². The molecule has 8 heteroatoms. The molecule has 16 heavy (non-hydrogen) atoms. The standard InChI is InChI=1S/C8H8N6OS/c15-7(12-6-3-11-16-13-6)8(1-2-8)14-5-9-4-10-14/h3-5H,1-2H2,(H,12,13,15). The first-order valence-corrected chi connectivity index (χ1v) is 5.48. The van der Waals surface area contributed by atoms with Crippen molar-refractivity contribution in [3.05, 3.63) is 18.9 Å². The molecule has 1 amide bonds. The lowest BCUT2D eigenvalue weighted by molar-refractivity contribution is -0.120. The molecule has 1 fully saturated rings. The number of carbonyl (C=O) groups excluding carboxylic acids is 1. The zero-order chi connectivity index (χ0) is 11.0. The van der Waals surface area contributed by atoms with E-state index >= 15 is 0 Å². The van der Waals surface area contributed by atoms with Crippen molar-refractivity contribution in [3.8, 4) is 0 Å². The minimum Gasteiger partial charge on any atom is -0.306 e. The van der Waals surface area contributed by atoms with Gasteiger partial charge in [0.15, 0.2) is 5.82 Å². The summed E-state index contributed by atoms with van der Waals surface area (Å²) in [5, 5.41) is 6.73. The molecule has 0 aromatic carbocycles. The second-order valence-corrected chi connectivity index (χ2v) is 4.18. The maximum Gasteiger partial charge on any atom is 0.253 e. The van der Waals surface area contributed by atoms with Gasteiger partial charge in [0.05, 0.1) is 17.9 Å². The first-order valence-electron chi connectivity index (χ1n) is 4.75. The number of amides is 1. The fraction of sp³-hybridized carbons (Fsp3) is 0.375. The second-order valence-electron chi connectivity index (χ2n) is 3.62.